The normalized spacial score (nSPS) is 21.4. The van der Waals surface area contributed by atoms with Crippen molar-refractivity contribution in [1.29, 1.82) is 0 Å². The van der Waals surface area contributed by atoms with Crippen LogP contribution in [0.4, 0.5) is 4.39 Å². The minimum absolute atomic E-state index is 0.0223. The van der Waals surface area contributed by atoms with Crippen molar-refractivity contribution in [2.45, 2.75) is 44.9 Å². The molecule has 36 heavy (non-hydrogen) atoms. The number of hydrogen-bond acceptors (Lipinski definition) is 7. The second-order valence-electron chi connectivity index (χ2n) is 8.39. The minimum atomic E-state index is -3.88. The Hall–Kier alpha value is -2.92. The van der Waals surface area contributed by atoms with Gasteiger partial charge in [-0.05, 0) is 23.6 Å². The lowest BCUT2D eigenvalue weighted by Crippen LogP contribution is -2.34. The lowest BCUT2D eigenvalue weighted by atomic mass is 10.1. The molecule has 1 unspecified atom stereocenters. The third kappa shape index (κ3) is 6.44. The largest absolute Gasteiger partial charge is 0.406 e. The number of hydrogen-bond donors (Lipinski definition) is 3. The third-order valence-electron chi connectivity index (χ3n) is 5.82. The van der Waals surface area contributed by atoms with Gasteiger partial charge in [0.15, 0.2) is 0 Å². The number of nitrogens with one attached hydrogen (secondary N) is 2. The number of aliphatic hydroxyl groups excluding tert-OH is 1. The van der Waals surface area contributed by atoms with Gasteiger partial charge in [0.2, 0.25) is 5.82 Å². The first-order valence-corrected chi connectivity index (χ1v) is 12.9. The smallest absolute Gasteiger partial charge is 0.390 e. The Morgan fingerprint density at radius 1 is 1.17 bits per heavy atom. The van der Waals surface area contributed by atoms with E-state index in [1.807, 2.05) is 66.5 Å². The van der Waals surface area contributed by atoms with Gasteiger partial charge in [-0.3, -0.25) is 23.4 Å². The van der Waals surface area contributed by atoms with Crippen LogP contribution in [0.5, 0.6) is 0 Å². The zero-order valence-electron chi connectivity index (χ0n) is 19.5. The minimum Gasteiger partial charge on any atom is -0.390 e. The summed E-state index contributed by atoms with van der Waals surface area (Å²) in [7, 11) is -3.88. The molecule has 1 saturated heterocycles. The highest BCUT2D eigenvalue weighted by Gasteiger charge is 2.38. The van der Waals surface area contributed by atoms with Gasteiger partial charge in [-0.2, -0.15) is 4.39 Å². The molecular weight excluding hydrogens is 492 g/mol. The van der Waals surface area contributed by atoms with E-state index in [9.17, 15) is 23.7 Å². The van der Waals surface area contributed by atoms with Crippen LogP contribution < -0.4 is 16.3 Å². The molecular formula is C24H27FN3O7P. The van der Waals surface area contributed by atoms with Crippen molar-refractivity contribution in [3.8, 4) is 0 Å². The Morgan fingerprint density at radius 3 is 2.64 bits per heavy atom. The first-order valence-electron chi connectivity index (χ1n) is 11.3. The number of ether oxygens (including phenoxy) is 1. The molecule has 1 fully saturated rings. The number of benzene rings is 2. The Kier molecular flexibility index (Phi) is 8.30. The highest BCUT2D eigenvalue weighted by atomic mass is 31.2. The molecule has 0 radical (unpaired) electrons. The molecule has 3 aromatic rings. The van der Waals surface area contributed by atoms with E-state index in [1.54, 1.807) is 0 Å². The molecule has 2 heterocycles. The molecule has 1 aromatic heterocycles. The van der Waals surface area contributed by atoms with Crippen LogP contribution in [0.3, 0.4) is 0 Å². The van der Waals surface area contributed by atoms with Gasteiger partial charge in [-0.1, -0.05) is 54.6 Å². The molecule has 1 aliphatic rings. The summed E-state index contributed by atoms with van der Waals surface area (Å²) in [6, 6.07) is 16.8. The van der Waals surface area contributed by atoms with E-state index in [0.717, 1.165) is 27.5 Å². The molecule has 2 aromatic carbocycles. The van der Waals surface area contributed by atoms with Crippen molar-refractivity contribution >= 4 is 7.75 Å². The van der Waals surface area contributed by atoms with Crippen LogP contribution in [0, 0.1) is 12.7 Å². The standard InChI is InChI=1S/C24H27FN3O7P/c1-16-7-5-6-10-18(16)14-33-36(32,26-12-17-8-3-2-4-9-17)34-15-21-20(29)11-22(35-21)28-13-19(25)23(30)27-24(28)31/h2-10,13,20-22,29H,11-12,14-15H2,1H3,(H,26,32)(H,27,30,31)/t20-,21+,22+,36?/m0/s1. The quantitative estimate of drug-likeness (QED) is 0.349. The first-order chi connectivity index (χ1) is 17.2. The van der Waals surface area contributed by atoms with Crippen LogP contribution in [-0.2, 0) is 31.5 Å². The van der Waals surface area contributed by atoms with E-state index in [-0.39, 0.29) is 26.2 Å². The molecule has 0 saturated carbocycles. The summed E-state index contributed by atoms with van der Waals surface area (Å²) in [5.74, 6) is -1.16. The molecule has 192 valence electrons. The van der Waals surface area contributed by atoms with Crippen molar-refractivity contribution in [1.82, 2.24) is 14.6 Å². The number of aryl methyl sites for hydroxylation is 1. The predicted octanol–water partition coefficient (Wildman–Crippen LogP) is 2.76. The Labute approximate surface area is 206 Å². The molecule has 0 aliphatic carbocycles. The van der Waals surface area contributed by atoms with E-state index in [0.29, 0.717) is 0 Å². The molecule has 0 amide bonds. The molecule has 12 heteroatoms. The summed E-state index contributed by atoms with van der Waals surface area (Å²) >= 11 is 0. The van der Waals surface area contributed by atoms with Crippen molar-refractivity contribution in [2.75, 3.05) is 6.61 Å². The number of rotatable bonds is 10. The van der Waals surface area contributed by atoms with E-state index in [2.05, 4.69) is 5.09 Å². The monoisotopic (exact) mass is 519 g/mol. The molecule has 0 spiro atoms. The maximum atomic E-state index is 13.7. The van der Waals surface area contributed by atoms with Crippen LogP contribution in [0.2, 0.25) is 0 Å². The summed E-state index contributed by atoms with van der Waals surface area (Å²) < 4.78 is 45.1. The Bertz CT molecular complexity index is 1350. The maximum Gasteiger partial charge on any atom is 0.406 e. The van der Waals surface area contributed by atoms with E-state index < -0.39 is 43.2 Å². The molecule has 0 bridgehead atoms. The van der Waals surface area contributed by atoms with E-state index in [4.69, 9.17) is 13.8 Å². The fourth-order valence-electron chi connectivity index (χ4n) is 3.72. The van der Waals surface area contributed by atoms with Gasteiger partial charge in [-0.25, -0.2) is 14.4 Å². The van der Waals surface area contributed by atoms with E-state index in [1.165, 1.54) is 0 Å². The lowest BCUT2D eigenvalue weighted by molar-refractivity contribution is -0.0442. The van der Waals surface area contributed by atoms with Crippen LogP contribution in [0.15, 0.2) is 70.4 Å². The summed E-state index contributed by atoms with van der Waals surface area (Å²) in [4.78, 5) is 25.2. The van der Waals surface area contributed by atoms with Crippen LogP contribution in [0.25, 0.3) is 0 Å². The fraction of sp³-hybridized carbons (Fsp3) is 0.333. The lowest BCUT2D eigenvalue weighted by Gasteiger charge is -2.23. The number of nitrogens with zero attached hydrogens (tertiary/aromatic N) is 1. The number of aromatic nitrogens is 2. The average Bonchev–Trinajstić information content (AvgIpc) is 3.24. The summed E-state index contributed by atoms with van der Waals surface area (Å²) in [5, 5.41) is 13.3. The van der Waals surface area contributed by atoms with Crippen molar-refractivity contribution < 1.29 is 27.8 Å². The van der Waals surface area contributed by atoms with Crippen LogP contribution >= 0.6 is 7.75 Å². The topological polar surface area (TPSA) is 132 Å². The Balaban J connectivity index is 1.45. The SMILES string of the molecule is Cc1ccccc1COP(=O)(NCc1ccccc1)OC[C@H]1O[C@@H](n2cc(F)c(=O)[nH]c2=O)C[C@@H]1O. The molecule has 10 nitrogen and oxygen atoms in total. The van der Waals surface area contributed by atoms with Gasteiger partial charge < -0.3 is 9.84 Å². The van der Waals surface area contributed by atoms with Gasteiger partial charge in [0, 0.05) is 13.0 Å². The molecule has 1 aliphatic heterocycles. The van der Waals surface area contributed by atoms with Crippen molar-refractivity contribution in [3.63, 3.8) is 0 Å². The van der Waals surface area contributed by atoms with E-state index >= 15 is 0 Å². The zero-order valence-corrected chi connectivity index (χ0v) is 20.4. The number of halogens is 1. The van der Waals surface area contributed by atoms with Gasteiger partial charge in [-0.15, -0.1) is 0 Å². The van der Waals surface area contributed by atoms with Gasteiger partial charge in [0.25, 0.3) is 5.56 Å². The summed E-state index contributed by atoms with van der Waals surface area (Å²) in [6.07, 6.45) is -2.47. The molecule has 4 rings (SSSR count). The van der Waals surface area contributed by atoms with Gasteiger partial charge >= 0.3 is 13.4 Å². The average molecular weight is 519 g/mol. The predicted molar refractivity (Wildman–Crippen MR) is 129 cm³/mol. The first kappa shape index (κ1) is 26.2. The second kappa shape index (κ2) is 11.4. The van der Waals surface area contributed by atoms with Crippen molar-refractivity contribution in [3.05, 3.63) is 104 Å². The van der Waals surface area contributed by atoms with Crippen LogP contribution in [0.1, 0.15) is 29.3 Å². The summed E-state index contributed by atoms with van der Waals surface area (Å²) in [5.41, 5.74) is 0.628. The van der Waals surface area contributed by atoms with Crippen molar-refractivity contribution in [2.24, 2.45) is 0 Å². The Morgan fingerprint density at radius 2 is 1.89 bits per heavy atom. The highest BCUT2D eigenvalue weighted by Crippen LogP contribution is 2.46. The maximum absolute atomic E-state index is 13.7. The fourth-order valence-corrected chi connectivity index (χ4v) is 5.01. The zero-order chi connectivity index (χ0) is 25.7. The molecule has 3 N–H and O–H groups in total. The number of aliphatic hydroxyl groups is 1. The third-order valence-corrected chi connectivity index (χ3v) is 7.32. The van der Waals surface area contributed by atoms with Crippen LogP contribution in [-0.4, -0.2) is 33.5 Å². The number of aromatic amines is 1. The molecule has 4 atom stereocenters. The summed E-state index contributed by atoms with van der Waals surface area (Å²) in [6.45, 7) is 1.81. The number of H-pyrrole nitrogens is 1. The van der Waals surface area contributed by atoms with Gasteiger partial charge in [0.05, 0.1) is 25.5 Å². The highest BCUT2D eigenvalue weighted by molar-refractivity contribution is 7.51. The second-order valence-corrected chi connectivity index (χ2v) is 10.2. The van der Waals surface area contributed by atoms with Gasteiger partial charge in [0.1, 0.15) is 12.3 Å².